The van der Waals surface area contributed by atoms with Crippen LogP contribution in [0, 0.1) is 6.92 Å². The molecule has 15 atom stereocenters. The first-order chi connectivity index (χ1) is 33.3. The molecular formula is C45H59NO25. The molecule has 26 heteroatoms. The lowest BCUT2D eigenvalue weighted by Crippen LogP contribution is -2.69. The van der Waals surface area contributed by atoms with Crippen molar-refractivity contribution in [1.29, 1.82) is 0 Å². The molecule has 0 amide bonds. The maximum absolute atomic E-state index is 13.1. The van der Waals surface area contributed by atoms with E-state index in [1.54, 1.807) is 24.3 Å². The van der Waals surface area contributed by atoms with Gasteiger partial charge in [0.15, 0.2) is 61.5 Å². The Balaban J connectivity index is 1.91. The van der Waals surface area contributed by atoms with Crippen molar-refractivity contribution in [2.45, 2.75) is 168 Å². The van der Waals surface area contributed by atoms with E-state index < -0.39 is 172 Å². The van der Waals surface area contributed by atoms with Crippen LogP contribution in [0.2, 0.25) is 0 Å². The van der Waals surface area contributed by atoms with E-state index in [0.29, 0.717) is 5.69 Å². The van der Waals surface area contributed by atoms with Crippen LogP contribution < -0.4 is 5.32 Å². The SMILES string of the molecule is CC(=O)OC[C@H]1O[C@@H](O[C@H]2[C@H](OC(C)=O)[C@@H](OC(C)=O)[C@H](O[C@H]3[C@H](OC(C)=O)[C@@H](OC(C)=O)C(Nc4ccc(C)cc4)O[C@@H]3COC(C)=O)O[C@@H]2COC(C)=O)[C@H](OC(C)=O)[C@@H](OC(C)=O)[C@@H]1OC(C)=O. The Hall–Kier alpha value is -6.48. The van der Waals surface area contributed by atoms with Crippen LogP contribution in [-0.2, 0) is 119 Å². The molecule has 0 aliphatic carbocycles. The van der Waals surface area contributed by atoms with E-state index in [9.17, 15) is 47.9 Å². The quantitative estimate of drug-likeness (QED) is 0.146. The first-order valence-electron chi connectivity index (χ1n) is 22.0. The summed E-state index contributed by atoms with van der Waals surface area (Å²) in [4.78, 5) is 126. The molecule has 0 spiro atoms. The largest absolute Gasteiger partial charge is 0.463 e. The fraction of sp³-hybridized carbons (Fsp3) is 0.644. The number of anilines is 1. The lowest BCUT2D eigenvalue weighted by Gasteiger charge is -2.50. The summed E-state index contributed by atoms with van der Waals surface area (Å²) in [5, 5.41) is 3.08. The standard InChI is InChI=1S/C45H59NO25/c1-19-12-14-30(15-13-19)46-43-40(64-27(9)54)37(61-24(6)51)35(31(67-43)16-57-20(2)47)70-45-42(66-29(11)56)39(63-26(8)53)36(33(69-45)18-59-22(4)49)71-44-41(65-28(10)55)38(62-25(7)52)34(60-23(5)50)32(68-44)17-58-21(3)48/h12-15,31-46H,16-18H2,1-11H3/t31-,32-,33-,34-,35-,36-,37+,38+,39+,40-,41-,42-,43?,44+,45+/m1/s1. The van der Waals surface area contributed by atoms with Crippen molar-refractivity contribution in [3.8, 4) is 0 Å². The molecule has 1 aromatic rings. The predicted molar refractivity (Wildman–Crippen MR) is 229 cm³/mol. The second kappa shape index (κ2) is 26.1. The molecule has 4 rings (SSSR count). The topological polar surface area (TPSA) is 321 Å². The molecule has 1 unspecified atom stereocenters. The van der Waals surface area contributed by atoms with Crippen LogP contribution in [0.15, 0.2) is 24.3 Å². The van der Waals surface area contributed by atoms with Crippen LogP contribution >= 0.6 is 0 Å². The molecule has 0 saturated carbocycles. The highest BCUT2D eigenvalue weighted by atomic mass is 16.8. The van der Waals surface area contributed by atoms with Gasteiger partial charge < -0.3 is 76.4 Å². The summed E-state index contributed by atoms with van der Waals surface area (Å²) in [6.45, 7) is 10.0. The summed E-state index contributed by atoms with van der Waals surface area (Å²) in [6, 6.07) is 6.91. The van der Waals surface area contributed by atoms with Gasteiger partial charge in [0.2, 0.25) is 0 Å². The molecule has 26 nitrogen and oxygen atoms in total. The van der Waals surface area contributed by atoms with Crippen molar-refractivity contribution in [3.05, 3.63) is 29.8 Å². The van der Waals surface area contributed by atoms with E-state index in [1.165, 1.54) is 0 Å². The van der Waals surface area contributed by atoms with E-state index in [4.69, 9.17) is 71.1 Å². The van der Waals surface area contributed by atoms with Crippen LogP contribution in [-0.4, -0.2) is 172 Å². The highest BCUT2D eigenvalue weighted by Gasteiger charge is 2.60. The van der Waals surface area contributed by atoms with Gasteiger partial charge in [0.05, 0.1) is 0 Å². The molecule has 0 bridgehead atoms. The van der Waals surface area contributed by atoms with Gasteiger partial charge in [-0.05, 0) is 19.1 Å². The Labute approximate surface area is 407 Å². The number of rotatable bonds is 19. The highest BCUT2D eigenvalue weighted by Crippen LogP contribution is 2.38. The van der Waals surface area contributed by atoms with Crippen molar-refractivity contribution in [1.82, 2.24) is 0 Å². The minimum absolute atomic E-state index is 0.454. The summed E-state index contributed by atoms with van der Waals surface area (Å²) in [7, 11) is 0. The zero-order valence-corrected chi connectivity index (χ0v) is 40.8. The molecule has 394 valence electrons. The van der Waals surface area contributed by atoms with Crippen molar-refractivity contribution in [2.24, 2.45) is 0 Å². The van der Waals surface area contributed by atoms with Crippen LogP contribution in [0.3, 0.4) is 0 Å². The molecule has 0 radical (unpaired) electrons. The maximum atomic E-state index is 13.1. The van der Waals surface area contributed by atoms with Gasteiger partial charge >= 0.3 is 59.7 Å². The second-order valence-electron chi connectivity index (χ2n) is 16.3. The van der Waals surface area contributed by atoms with Crippen LogP contribution in [0.1, 0.15) is 74.8 Å². The van der Waals surface area contributed by atoms with E-state index in [0.717, 1.165) is 74.8 Å². The Bertz CT molecular complexity index is 2100. The Morgan fingerprint density at radius 3 is 1.04 bits per heavy atom. The van der Waals surface area contributed by atoms with Gasteiger partial charge in [-0.15, -0.1) is 0 Å². The number of esters is 10. The molecule has 3 saturated heterocycles. The molecule has 1 aromatic carbocycles. The van der Waals surface area contributed by atoms with E-state index in [1.807, 2.05) is 6.92 Å². The summed E-state index contributed by atoms with van der Waals surface area (Å²) in [5.41, 5.74) is 1.35. The molecular weight excluding hydrogens is 954 g/mol. The van der Waals surface area contributed by atoms with Crippen molar-refractivity contribution in [3.63, 3.8) is 0 Å². The molecule has 3 heterocycles. The van der Waals surface area contributed by atoms with Gasteiger partial charge in [-0.3, -0.25) is 47.9 Å². The van der Waals surface area contributed by atoms with Crippen molar-refractivity contribution < 1.29 is 119 Å². The van der Waals surface area contributed by atoms with Gasteiger partial charge in [0.1, 0.15) is 50.3 Å². The van der Waals surface area contributed by atoms with Gasteiger partial charge in [-0.25, -0.2) is 0 Å². The molecule has 0 aromatic heterocycles. The summed E-state index contributed by atoms with van der Waals surface area (Å²) >= 11 is 0. The van der Waals surface area contributed by atoms with Crippen LogP contribution in [0.4, 0.5) is 5.69 Å². The normalized spacial score (nSPS) is 30.2. The molecule has 3 aliphatic heterocycles. The first kappa shape index (κ1) is 57.1. The molecule has 71 heavy (non-hydrogen) atoms. The maximum Gasteiger partial charge on any atom is 0.303 e. The third-order valence-corrected chi connectivity index (χ3v) is 10.2. The number of nitrogens with one attached hydrogen (secondary N) is 1. The van der Waals surface area contributed by atoms with Gasteiger partial charge in [0.25, 0.3) is 0 Å². The second-order valence-corrected chi connectivity index (χ2v) is 16.3. The van der Waals surface area contributed by atoms with Gasteiger partial charge in [-0.2, -0.15) is 0 Å². The predicted octanol–water partition coefficient (Wildman–Crippen LogP) is 0.563. The Kier molecular flexibility index (Phi) is 21.0. The Morgan fingerprint density at radius 1 is 0.380 bits per heavy atom. The summed E-state index contributed by atoms with van der Waals surface area (Å²) in [5.74, 6) is -9.27. The van der Waals surface area contributed by atoms with Crippen molar-refractivity contribution >= 4 is 65.4 Å². The fourth-order valence-corrected chi connectivity index (χ4v) is 7.73. The average Bonchev–Trinajstić information content (AvgIpc) is 3.24. The monoisotopic (exact) mass is 1010 g/mol. The first-order valence-corrected chi connectivity index (χ1v) is 22.0. The number of ether oxygens (including phenoxy) is 15. The lowest BCUT2D eigenvalue weighted by atomic mass is 9.94. The van der Waals surface area contributed by atoms with E-state index >= 15 is 0 Å². The zero-order valence-electron chi connectivity index (χ0n) is 40.8. The molecule has 3 fully saturated rings. The van der Waals surface area contributed by atoms with Gasteiger partial charge in [-0.1, -0.05) is 17.7 Å². The third kappa shape index (κ3) is 17.1. The number of benzene rings is 1. The number of aryl methyl sites for hydroxylation is 1. The van der Waals surface area contributed by atoms with Gasteiger partial charge in [0, 0.05) is 74.9 Å². The van der Waals surface area contributed by atoms with Crippen molar-refractivity contribution in [2.75, 3.05) is 25.1 Å². The highest BCUT2D eigenvalue weighted by molar-refractivity contribution is 5.70. The number of carbonyl (C=O) groups is 10. The number of hydrogen-bond acceptors (Lipinski definition) is 26. The summed E-state index contributed by atoms with van der Waals surface area (Å²) in [6.07, 6.45) is -25.9. The average molecular weight is 1010 g/mol. The Morgan fingerprint density at radius 2 is 0.676 bits per heavy atom. The minimum Gasteiger partial charge on any atom is -0.463 e. The molecule has 3 aliphatic rings. The van der Waals surface area contributed by atoms with Crippen LogP contribution in [0.5, 0.6) is 0 Å². The fourth-order valence-electron chi connectivity index (χ4n) is 7.73. The lowest BCUT2D eigenvalue weighted by molar-refractivity contribution is -0.373. The number of carbonyl (C=O) groups excluding carboxylic acids is 10. The smallest absolute Gasteiger partial charge is 0.303 e. The van der Waals surface area contributed by atoms with E-state index in [2.05, 4.69) is 5.32 Å². The zero-order chi connectivity index (χ0) is 52.9. The minimum atomic E-state index is -2.00. The third-order valence-electron chi connectivity index (χ3n) is 10.2. The molecule has 1 N–H and O–H groups in total. The summed E-state index contributed by atoms with van der Waals surface area (Å²) < 4.78 is 87.2. The number of hydrogen-bond donors (Lipinski definition) is 1. The van der Waals surface area contributed by atoms with E-state index in [-0.39, 0.29) is 0 Å². The van der Waals surface area contributed by atoms with Crippen LogP contribution in [0.25, 0.3) is 0 Å².